The first-order valence-corrected chi connectivity index (χ1v) is 7.58. The summed E-state index contributed by atoms with van der Waals surface area (Å²) in [4.78, 5) is 10.5. The second-order valence-corrected chi connectivity index (χ2v) is 5.92. The summed E-state index contributed by atoms with van der Waals surface area (Å²) in [7, 11) is -2.70. The molecule has 0 aromatic heterocycles. The number of anilines is 1. The summed E-state index contributed by atoms with van der Waals surface area (Å²) in [5, 5.41) is 8.56. The van der Waals surface area contributed by atoms with Gasteiger partial charge in [0.2, 0.25) is 0 Å². The topological polar surface area (TPSA) is 95.9 Å². The summed E-state index contributed by atoms with van der Waals surface area (Å²) in [6.07, 6.45) is -0.320. The van der Waals surface area contributed by atoms with Crippen LogP contribution in [0.3, 0.4) is 0 Å². The number of halogens is 1. The predicted molar refractivity (Wildman–Crippen MR) is 75.0 cm³/mol. The van der Waals surface area contributed by atoms with Gasteiger partial charge in [-0.05, 0) is 19.1 Å². The average Bonchev–Trinajstić information content (AvgIpc) is 2.39. The van der Waals surface area contributed by atoms with Crippen LogP contribution in [0.5, 0.6) is 5.75 Å². The third-order valence-electron chi connectivity index (χ3n) is 2.53. The molecule has 0 bridgehead atoms. The van der Waals surface area contributed by atoms with Gasteiger partial charge in [-0.25, -0.2) is 4.39 Å². The molecule has 0 aliphatic carbocycles. The highest BCUT2D eigenvalue weighted by Crippen LogP contribution is 2.26. The minimum atomic E-state index is -3.95. The van der Waals surface area contributed by atoms with Gasteiger partial charge in [0.25, 0.3) is 0 Å². The average molecular weight is 320 g/mol. The van der Waals surface area contributed by atoms with E-state index in [0.29, 0.717) is 0 Å². The van der Waals surface area contributed by atoms with Crippen LogP contribution in [-0.4, -0.2) is 44.0 Å². The molecular formula is C12H17FN2O5S. The zero-order valence-electron chi connectivity index (χ0n) is 11.7. The minimum Gasteiger partial charge on any atom is -0.492 e. The van der Waals surface area contributed by atoms with Gasteiger partial charge in [-0.1, -0.05) is 0 Å². The number of rotatable bonds is 8. The Morgan fingerprint density at radius 2 is 2.14 bits per heavy atom. The molecule has 2 N–H and O–H groups in total. The number of hydrogen-bond acceptors (Lipinski definition) is 4. The molecule has 0 unspecified atom stereocenters. The summed E-state index contributed by atoms with van der Waals surface area (Å²) in [5.41, 5.74) is 0.0837. The fourth-order valence-corrected chi connectivity index (χ4v) is 2.38. The Morgan fingerprint density at radius 1 is 1.48 bits per heavy atom. The van der Waals surface area contributed by atoms with Crippen LogP contribution in [-0.2, 0) is 15.0 Å². The number of benzene rings is 1. The largest absolute Gasteiger partial charge is 0.492 e. The van der Waals surface area contributed by atoms with Gasteiger partial charge < -0.3 is 9.84 Å². The number of ether oxygens (including phenoxy) is 1. The number of carbonyl (C=O) groups is 1. The van der Waals surface area contributed by atoms with Gasteiger partial charge >= 0.3 is 16.2 Å². The van der Waals surface area contributed by atoms with Crippen molar-refractivity contribution in [1.82, 2.24) is 4.31 Å². The number of aliphatic carboxylic acids is 1. The highest BCUT2D eigenvalue weighted by molar-refractivity contribution is 7.90. The highest BCUT2D eigenvalue weighted by atomic mass is 32.2. The van der Waals surface area contributed by atoms with Crippen molar-refractivity contribution in [3.05, 3.63) is 24.0 Å². The first-order chi connectivity index (χ1) is 9.76. The van der Waals surface area contributed by atoms with Gasteiger partial charge in [0, 0.05) is 19.7 Å². The maximum atomic E-state index is 13.1. The van der Waals surface area contributed by atoms with Crippen LogP contribution in [0.2, 0.25) is 0 Å². The first kappa shape index (κ1) is 17.2. The van der Waals surface area contributed by atoms with Crippen LogP contribution < -0.4 is 9.46 Å². The predicted octanol–water partition coefficient (Wildman–Crippen LogP) is 1.29. The molecule has 0 heterocycles. The molecule has 0 radical (unpaired) electrons. The third kappa shape index (κ3) is 5.20. The maximum absolute atomic E-state index is 13.1. The monoisotopic (exact) mass is 320 g/mol. The van der Waals surface area contributed by atoms with E-state index in [9.17, 15) is 17.6 Å². The summed E-state index contributed by atoms with van der Waals surface area (Å²) in [5.74, 6) is -1.60. The summed E-state index contributed by atoms with van der Waals surface area (Å²) < 4.78 is 45.5. The van der Waals surface area contributed by atoms with E-state index in [0.717, 1.165) is 16.4 Å². The van der Waals surface area contributed by atoms with E-state index in [2.05, 4.69) is 4.72 Å². The Kier molecular flexibility index (Phi) is 5.91. The lowest BCUT2D eigenvalue weighted by Gasteiger charge is -2.19. The van der Waals surface area contributed by atoms with Crippen LogP contribution in [0.25, 0.3) is 0 Å². The van der Waals surface area contributed by atoms with Gasteiger partial charge in [0.1, 0.15) is 11.6 Å². The molecule has 1 aromatic carbocycles. The lowest BCUT2D eigenvalue weighted by molar-refractivity contribution is -0.137. The van der Waals surface area contributed by atoms with Crippen LogP contribution in [0.1, 0.15) is 13.3 Å². The molecule has 21 heavy (non-hydrogen) atoms. The first-order valence-electron chi connectivity index (χ1n) is 6.14. The SMILES string of the molecule is CCOc1cc(F)ccc1NS(=O)(=O)N(C)CCC(=O)O. The van der Waals surface area contributed by atoms with Crippen molar-refractivity contribution in [1.29, 1.82) is 0 Å². The molecule has 0 spiro atoms. The van der Waals surface area contributed by atoms with Gasteiger partial charge in [0.05, 0.1) is 18.7 Å². The molecule has 0 saturated carbocycles. The Labute approximate surface area is 122 Å². The molecule has 0 amide bonds. The second kappa shape index (κ2) is 7.23. The fourth-order valence-electron chi connectivity index (χ4n) is 1.45. The molecule has 118 valence electrons. The summed E-state index contributed by atoms with van der Waals surface area (Å²) >= 11 is 0. The quantitative estimate of drug-likeness (QED) is 0.752. The molecule has 9 heteroatoms. The number of carboxylic acid groups (broad SMARTS) is 1. The van der Waals surface area contributed by atoms with Gasteiger partial charge in [-0.2, -0.15) is 12.7 Å². The smallest absolute Gasteiger partial charge is 0.304 e. The molecule has 0 saturated heterocycles. The van der Waals surface area contributed by atoms with Crippen molar-refractivity contribution in [2.75, 3.05) is 24.9 Å². The third-order valence-corrected chi connectivity index (χ3v) is 4.01. The normalized spacial score (nSPS) is 11.4. The molecule has 7 nitrogen and oxygen atoms in total. The zero-order valence-corrected chi connectivity index (χ0v) is 12.5. The molecule has 1 rings (SSSR count). The van der Waals surface area contributed by atoms with Crippen LogP contribution >= 0.6 is 0 Å². The van der Waals surface area contributed by atoms with Gasteiger partial charge in [-0.15, -0.1) is 0 Å². The van der Waals surface area contributed by atoms with Crippen LogP contribution in [0, 0.1) is 5.82 Å². The van der Waals surface area contributed by atoms with Crippen LogP contribution in [0.15, 0.2) is 18.2 Å². The lowest BCUT2D eigenvalue weighted by Crippen LogP contribution is -2.34. The Morgan fingerprint density at radius 3 is 2.71 bits per heavy atom. The van der Waals surface area contributed by atoms with E-state index in [1.165, 1.54) is 13.1 Å². The van der Waals surface area contributed by atoms with Crippen molar-refractivity contribution < 1.29 is 27.4 Å². The van der Waals surface area contributed by atoms with E-state index < -0.39 is 22.0 Å². The number of nitrogens with zero attached hydrogens (tertiary/aromatic N) is 1. The standard InChI is InChI=1S/C12H17FN2O5S/c1-3-20-11-8-9(13)4-5-10(11)14-21(18,19)15(2)7-6-12(16)17/h4-5,8,14H,3,6-7H2,1-2H3,(H,16,17). The van der Waals surface area contributed by atoms with E-state index in [4.69, 9.17) is 9.84 Å². The maximum Gasteiger partial charge on any atom is 0.304 e. The van der Waals surface area contributed by atoms with Crippen molar-refractivity contribution in [2.45, 2.75) is 13.3 Å². The van der Waals surface area contributed by atoms with Gasteiger partial charge in [-0.3, -0.25) is 9.52 Å². The summed E-state index contributed by atoms with van der Waals surface area (Å²) in [6, 6.07) is 3.40. The molecule has 0 fully saturated rings. The molecule has 0 aliphatic heterocycles. The van der Waals surface area contributed by atoms with Crippen LogP contribution in [0.4, 0.5) is 10.1 Å². The second-order valence-electron chi connectivity index (χ2n) is 4.15. The Balaban J connectivity index is 2.90. The van der Waals surface area contributed by atoms with Crippen molar-refractivity contribution in [3.8, 4) is 5.75 Å². The lowest BCUT2D eigenvalue weighted by atomic mass is 10.3. The minimum absolute atomic E-state index is 0.0627. The van der Waals surface area contributed by atoms with Crippen molar-refractivity contribution in [3.63, 3.8) is 0 Å². The Hall–Kier alpha value is -1.87. The van der Waals surface area contributed by atoms with E-state index in [1.807, 2.05) is 0 Å². The van der Waals surface area contributed by atoms with Crippen molar-refractivity contribution in [2.24, 2.45) is 0 Å². The fraction of sp³-hybridized carbons (Fsp3) is 0.417. The van der Waals surface area contributed by atoms with E-state index in [1.54, 1.807) is 6.92 Å². The molecule has 0 atom stereocenters. The van der Waals surface area contributed by atoms with Crippen molar-refractivity contribution >= 4 is 21.9 Å². The number of nitrogens with one attached hydrogen (secondary N) is 1. The molecule has 0 aliphatic rings. The molecule has 1 aromatic rings. The van der Waals surface area contributed by atoms with E-state index in [-0.39, 0.29) is 31.0 Å². The molecular weight excluding hydrogens is 303 g/mol. The highest BCUT2D eigenvalue weighted by Gasteiger charge is 2.20. The van der Waals surface area contributed by atoms with Gasteiger partial charge in [0.15, 0.2) is 0 Å². The Bertz CT molecular complexity index is 606. The number of carboxylic acids is 1. The van der Waals surface area contributed by atoms with E-state index >= 15 is 0 Å². The zero-order chi connectivity index (χ0) is 16.0. The number of hydrogen-bond donors (Lipinski definition) is 2. The summed E-state index contributed by atoms with van der Waals surface area (Å²) in [6.45, 7) is 1.74.